The number of nitrogens with zero attached hydrogens (tertiary/aromatic N) is 2. The molecule has 1 N–H and O–H groups in total. The zero-order valence-electron chi connectivity index (χ0n) is 20.0. The van der Waals surface area contributed by atoms with Gasteiger partial charge >= 0.3 is 0 Å². The molecular formula is C28H26BrN3O4. The third-order valence-electron chi connectivity index (χ3n) is 5.19. The average Bonchev–Trinajstić information content (AvgIpc) is 2.88. The highest BCUT2D eigenvalue weighted by molar-refractivity contribution is 9.10. The quantitative estimate of drug-likeness (QED) is 0.200. The fraction of sp³-hybridized carbons (Fsp3) is 0.179. The summed E-state index contributed by atoms with van der Waals surface area (Å²) >= 11 is 3.55. The SMILES string of the molecule is CCOc1cc(/C=N/NC(=O)COc2cccc3cccnc23)c(Br)cc1OCc1cccc(C)c1. The highest BCUT2D eigenvalue weighted by Gasteiger charge is 2.11. The number of nitrogens with one attached hydrogen (secondary N) is 1. The van der Waals surface area contributed by atoms with Gasteiger partial charge in [0.15, 0.2) is 18.1 Å². The lowest BCUT2D eigenvalue weighted by Crippen LogP contribution is -2.24. The number of carbonyl (C=O) groups is 1. The predicted molar refractivity (Wildman–Crippen MR) is 144 cm³/mol. The Kier molecular flexibility index (Phi) is 8.52. The van der Waals surface area contributed by atoms with E-state index in [1.165, 1.54) is 11.8 Å². The van der Waals surface area contributed by atoms with E-state index in [4.69, 9.17) is 14.2 Å². The number of rotatable bonds is 10. The van der Waals surface area contributed by atoms with Gasteiger partial charge in [-0.1, -0.05) is 48.0 Å². The first-order valence-electron chi connectivity index (χ1n) is 11.5. The maximum atomic E-state index is 12.3. The van der Waals surface area contributed by atoms with Crippen LogP contribution in [0.2, 0.25) is 0 Å². The molecule has 0 unspecified atom stereocenters. The summed E-state index contributed by atoms with van der Waals surface area (Å²) < 4.78 is 18.2. The minimum atomic E-state index is -0.390. The van der Waals surface area contributed by atoms with E-state index in [0.29, 0.717) is 36.0 Å². The number of fused-ring (bicyclic) bond motifs is 1. The summed E-state index contributed by atoms with van der Waals surface area (Å²) in [5, 5.41) is 5.00. The molecule has 4 rings (SSSR count). The lowest BCUT2D eigenvalue weighted by Gasteiger charge is -2.14. The van der Waals surface area contributed by atoms with Crippen LogP contribution < -0.4 is 19.6 Å². The van der Waals surface area contributed by atoms with Crippen LogP contribution in [0, 0.1) is 6.92 Å². The Morgan fingerprint density at radius 2 is 1.81 bits per heavy atom. The second-order valence-electron chi connectivity index (χ2n) is 7.94. The minimum Gasteiger partial charge on any atom is -0.490 e. The second kappa shape index (κ2) is 12.2. The molecule has 0 saturated carbocycles. The van der Waals surface area contributed by atoms with E-state index in [0.717, 1.165) is 21.0 Å². The highest BCUT2D eigenvalue weighted by atomic mass is 79.9. The van der Waals surface area contributed by atoms with Gasteiger partial charge in [-0.15, -0.1) is 0 Å². The third kappa shape index (κ3) is 6.60. The number of benzene rings is 3. The fourth-order valence-corrected chi connectivity index (χ4v) is 3.96. The molecule has 4 aromatic rings. The summed E-state index contributed by atoms with van der Waals surface area (Å²) in [6.45, 7) is 4.67. The Morgan fingerprint density at radius 1 is 1.00 bits per heavy atom. The molecule has 184 valence electrons. The van der Waals surface area contributed by atoms with Crippen molar-refractivity contribution < 1.29 is 19.0 Å². The maximum absolute atomic E-state index is 12.3. The van der Waals surface area contributed by atoms with Gasteiger partial charge < -0.3 is 14.2 Å². The molecule has 0 aliphatic heterocycles. The second-order valence-corrected chi connectivity index (χ2v) is 8.80. The molecule has 1 aromatic heterocycles. The molecule has 3 aromatic carbocycles. The lowest BCUT2D eigenvalue weighted by atomic mass is 10.1. The van der Waals surface area contributed by atoms with Crippen LogP contribution in [0.4, 0.5) is 0 Å². The average molecular weight is 548 g/mol. The summed E-state index contributed by atoms with van der Waals surface area (Å²) in [4.78, 5) is 16.6. The number of ether oxygens (including phenoxy) is 3. The first-order chi connectivity index (χ1) is 17.5. The molecule has 1 heterocycles. The van der Waals surface area contributed by atoms with Crippen LogP contribution in [0.25, 0.3) is 10.9 Å². The number of amides is 1. The molecule has 1 amide bonds. The van der Waals surface area contributed by atoms with E-state index in [-0.39, 0.29) is 6.61 Å². The number of aromatic nitrogens is 1. The standard InChI is InChI=1S/C28H26BrN3O4/c1-3-34-25-14-22(23(29)15-26(25)35-17-20-8-4-7-19(2)13-20)16-31-32-27(33)18-36-24-11-5-9-21-10-6-12-30-28(21)24/h4-16H,3,17-18H2,1-2H3,(H,32,33)/b31-16+. The van der Waals surface area contributed by atoms with E-state index in [9.17, 15) is 4.79 Å². The first-order valence-corrected chi connectivity index (χ1v) is 12.3. The number of hydrogen-bond acceptors (Lipinski definition) is 6. The van der Waals surface area contributed by atoms with Crippen molar-refractivity contribution in [2.24, 2.45) is 5.10 Å². The Balaban J connectivity index is 1.38. The van der Waals surface area contributed by atoms with Gasteiger partial charge in [0, 0.05) is 21.6 Å². The summed E-state index contributed by atoms with van der Waals surface area (Å²) in [7, 11) is 0. The zero-order chi connectivity index (χ0) is 25.3. The maximum Gasteiger partial charge on any atom is 0.277 e. The van der Waals surface area contributed by atoms with Gasteiger partial charge in [0.25, 0.3) is 5.91 Å². The molecular weight excluding hydrogens is 522 g/mol. The van der Waals surface area contributed by atoms with Gasteiger partial charge in [0.2, 0.25) is 0 Å². The van der Waals surface area contributed by atoms with Crippen molar-refractivity contribution in [2.45, 2.75) is 20.5 Å². The molecule has 8 heteroatoms. The number of pyridine rings is 1. The molecule has 36 heavy (non-hydrogen) atoms. The Labute approximate surface area is 218 Å². The van der Waals surface area contributed by atoms with Crippen molar-refractivity contribution in [3.05, 3.63) is 94.1 Å². The fourth-order valence-electron chi connectivity index (χ4n) is 3.54. The zero-order valence-corrected chi connectivity index (χ0v) is 21.6. The van der Waals surface area contributed by atoms with Crippen LogP contribution in [0.1, 0.15) is 23.6 Å². The van der Waals surface area contributed by atoms with Crippen LogP contribution in [0.3, 0.4) is 0 Å². The van der Waals surface area contributed by atoms with Crippen molar-refractivity contribution in [2.75, 3.05) is 13.2 Å². The predicted octanol–water partition coefficient (Wildman–Crippen LogP) is 5.81. The highest BCUT2D eigenvalue weighted by Crippen LogP contribution is 2.34. The Hall–Kier alpha value is -3.91. The monoisotopic (exact) mass is 547 g/mol. The summed E-state index contributed by atoms with van der Waals surface area (Å²) in [5.41, 5.74) is 6.16. The number of carbonyl (C=O) groups excluding carboxylic acids is 1. The molecule has 0 atom stereocenters. The number of hydrazone groups is 1. The third-order valence-corrected chi connectivity index (χ3v) is 5.87. The van der Waals surface area contributed by atoms with Crippen LogP contribution >= 0.6 is 15.9 Å². The molecule has 0 saturated heterocycles. The van der Waals surface area contributed by atoms with E-state index >= 15 is 0 Å². The number of para-hydroxylation sites is 1. The van der Waals surface area contributed by atoms with Gasteiger partial charge in [-0.05, 0) is 59.6 Å². The van der Waals surface area contributed by atoms with Gasteiger partial charge in [-0.3, -0.25) is 9.78 Å². The van der Waals surface area contributed by atoms with Gasteiger partial charge in [0.1, 0.15) is 17.9 Å². The molecule has 0 aliphatic rings. The normalized spacial score (nSPS) is 11.0. The van der Waals surface area contributed by atoms with E-state index in [1.54, 1.807) is 12.3 Å². The first kappa shape index (κ1) is 25.2. The van der Waals surface area contributed by atoms with E-state index in [1.807, 2.05) is 68.4 Å². The van der Waals surface area contributed by atoms with E-state index in [2.05, 4.69) is 37.5 Å². The molecule has 0 spiro atoms. The Bertz CT molecular complexity index is 1390. The topological polar surface area (TPSA) is 82.0 Å². The van der Waals surface area contributed by atoms with Crippen LogP contribution in [0.5, 0.6) is 17.2 Å². The molecule has 0 aliphatic carbocycles. The van der Waals surface area contributed by atoms with Gasteiger partial charge in [0.05, 0.1) is 12.8 Å². The van der Waals surface area contributed by atoms with E-state index < -0.39 is 5.91 Å². The number of hydrogen-bond donors (Lipinski definition) is 1. The van der Waals surface area contributed by atoms with Crippen molar-refractivity contribution in [1.82, 2.24) is 10.4 Å². The van der Waals surface area contributed by atoms with Crippen LogP contribution in [-0.4, -0.2) is 30.3 Å². The van der Waals surface area contributed by atoms with Crippen LogP contribution in [0.15, 0.2) is 82.5 Å². The van der Waals surface area contributed by atoms with Crippen molar-refractivity contribution in [1.29, 1.82) is 0 Å². The lowest BCUT2D eigenvalue weighted by molar-refractivity contribution is -0.123. The molecule has 0 bridgehead atoms. The summed E-state index contributed by atoms with van der Waals surface area (Å²) in [6, 6.07) is 21.2. The number of halogens is 1. The van der Waals surface area contributed by atoms with Gasteiger partial charge in [-0.25, -0.2) is 5.43 Å². The largest absolute Gasteiger partial charge is 0.490 e. The minimum absolute atomic E-state index is 0.190. The van der Waals surface area contributed by atoms with Gasteiger partial charge in [-0.2, -0.15) is 5.10 Å². The Morgan fingerprint density at radius 3 is 2.64 bits per heavy atom. The van der Waals surface area contributed by atoms with Crippen molar-refractivity contribution in [3.63, 3.8) is 0 Å². The summed E-state index contributed by atoms with van der Waals surface area (Å²) in [6.07, 6.45) is 3.22. The molecule has 0 radical (unpaired) electrons. The van der Waals surface area contributed by atoms with Crippen molar-refractivity contribution in [3.8, 4) is 17.2 Å². The number of aryl methyl sites for hydroxylation is 1. The smallest absolute Gasteiger partial charge is 0.277 e. The molecule has 7 nitrogen and oxygen atoms in total. The van der Waals surface area contributed by atoms with Crippen LogP contribution in [-0.2, 0) is 11.4 Å². The summed E-state index contributed by atoms with van der Waals surface area (Å²) in [5.74, 6) is 1.35. The molecule has 0 fully saturated rings. The van der Waals surface area contributed by atoms with Crippen molar-refractivity contribution >= 4 is 39.0 Å².